The van der Waals surface area contributed by atoms with Crippen LogP contribution in [0, 0.1) is 12.7 Å². The lowest BCUT2D eigenvalue weighted by Gasteiger charge is -2.32. The van der Waals surface area contributed by atoms with E-state index in [2.05, 4.69) is 5.32 Å². The third-order valence-electron chi connectivity index (χ3n) is 4.55. The van der Waals surface area contributed by atoms with Gasteiger partial charge in [0, 0.05) is 12.2 Å². The van der Waals surface area contributed by atoms with Crippen LogP contribution in [-0.4, -0.2) is 35.5 Å². The van der Waals surface area contributed by atoms with Crippen molar-refractivity contribution < 1.29 is 23.9 Å². The third kappa shape index (κ3) is 3.97. The largest absolute Gasteiger partial charge is 0.478 e. The molecule has 0 saturated carbocycles. The van der Waals surface area contributed by atoms with Crippen molar-refractivity contribution in [3.05, 3.63) is 65.0 Å². The first kappa shape index (κ1) is 18.6. The van der Waals surface area contributed by atoms with Gasteiger partial charge in [0.25, 0.3) is 5.91 Å². The number of carbonyl (C=O) groups excluding carboxylic acids is 2. The van der Waals surface area contributed by atoms with Crippen molar-refractivity contribution >= 4 is 23.5 Å². The fourth-order valence-corrected chi connectivity index (χ4v) is 3.06. The van der Waals surface area contributed by atoms with Crippen LogP contribution in [0.5, 0.6) is 0 Å². The van der Waals surface area contributed by atoms with Gasteiger partial charge in [0.2, 0.25) is 5.91 Å². The fourth-order valence-electron chi connectivity index (χ4n) is 3.06. The monoisotopic (exact) mass is 370 g/mol. The lowest BCUT2D eigenvalue weighted by molar-refractivity contribution is -0.121. The van der Waals surface area contributed by atoms with Gasteiger partial charge in [-0.2, -0.15) is 0 Å². The highest BCUT2D eigenvalue weighted by molar-refractivity contribution is 6.03. The summed E-state index contributed by atoms with van der Waals surface area (Å²) in [5.74, 6) is -3.21. The minimum Gasteiger partial charge on any atom is -0.478 e. The summed E-state index contributed by atoms with van der Waals surface area (Å²) in [6.45, 7) is 2.50. The van der Waals surface area contributed by atoms with Crippen LogP contribution in [0.25, 0.3) is 0 Å². The van der Waals surface area contributed by atoms with E-state index in [0.29, 0.717) is 19.4 Å². The molecule has 0 spiro atoms. The number of hydrogen-bond acceptors (Lipinski definition) is 3. The second kappa shape index (κ2) is 7.57. The highest BCUT2D eigenvalue weighted by Crippen LogP contribution is 2.22. The maximum atomic E-state index is 14.1. The minimum absolute atomic E-state index is 0.247. The van der Waals surface area contributed by atoms with Crippen LogP contribution in [0.2, 0.25) is 0 Å². The first-order valence-electron chi connectivity index (χ1n) is 8.58. The number of amides is 2. The van der Waals surface area contributed by atoms with E-state index in [9.17, 15) is 18.8 Å². The maximum absolute atomic E-state index is 14.1. The van der Waals surface area contributed by atoms with Gasteiger partial charge in [-0.05, 0) is 50.1 Å². The molecular formula is C20H19FN2O4. The Morgan fingerprint density at radius 2 is 1.89 bits per heavy atom. The van der Waals surface area contributed by atoms with Gasteiger partial charge in [-0.15, -0.1) is 0 Å². The summed E-state index contributed by atoms with van der Waals surface area (Å²) in [5.41, 5.74) is 1.29. The van der Waals surface area contributed by atoms with Gasteiger partial charge in [0.05, 0.1) is 11.1 Å². The molecule has 6 nitrogen and oxygen atoms in total. The van der Waals surface area contributed by atoms with Crippen LogP contribution in [0.15, 0.2) is 42.5 Å². The molecular weight excluding hydrogens is 351 g/mol. The predicted octanol–water partition coefficient (Wildman–Crippen LogP) is 2.76. The average Bonchev–Trinajstić information content (AvgIpc) is 2.64. The number of carboxylic acid groups (broad SMARTS) is 1. The van der Waals surface area contributed by atoms with Crippen molar-refractivity contribution in [3.63, 3.8) is 0 Å². The molecule has 2 N–H and O–H groups in total. The molecule has 1 saturated heterocycles. The Balaban J connectivity index is 1.75. The minimum atomic E-state index is -1.28. The van der Waals surface area contributed by atoms with Gasteiger partial charge < -0.3 is 15.3 Å². The van der Waals surface area contributed by atoms with E-state index in [4.69, 9.17) is 5.11 Å². The molecule has 1 heterocycles. The first-order valence-corrected chi connectivity index (χ1v) is 8.58. The molecule has 2 aromatic carbocycles. The number of nitrogens with one attached hydrogen (secondary N) is 1. The number of anilines is 1. The molecule has 2 amide bonds. The fraction of sp³-hybridized carbons (Fsp3) is 0.250. The van der Waals surface area contributed by atoms with Gasteiger partial charge in [-0.25, -0.2) is 9.18 Å². The average molecular weight is 370 g/mol. The van der Waals surface area contributed by atoms with Crippen LogP contribution < -0.4 is 10.2 Å². The molecule has 7 heteroatoms. The molecule has 0 bridgehead atoms. The number of piperidine rings is 1. The van der Waals surface area contributed by atoms with Crippen molar-refractivity contribution in [2.75, 3.05) is 11.4 Å². The number of carboxylic acids is 1. The zero-order valence-electron chi connectivity index (χ0n) is 14.7. The third-order valence-corrected chi connectivity index (χ3v) is 4.55. The molecule has 1 aliphatic rings. The summed E-state index contributed by atoms with van der Waals surface area (Å²) in [4.78, 5) is 37.6. The molecule has 0 aliphatic carbocycles. The molecule has 2 aromatic rings. The smallest absolute Gasteiger partial charge is 0.335 e. The van der Waals surface area contributed by atoms with Crippen LogP contribution in [-0.2, 0) is 4.79 Å². The Morgan fingerprint density at radius 3 is 2.52 bits per heavy atom. The standard InChI is InChI=1S/C20H19FN2O4/c1-12-4-7-14(8-5-12)23-10-2-3-17(19(23)25)22-18(24)15-9-6-13(20(26)27)11-16(15)21/h4-9,11,17H,2-3,10H2,1H3,(H,22,24)(H,26,27). The number of halogens is 1. The molecule has 140 valence electrons. The second-order valence-corrected chi connectivity index (χ2v) is 6.49. The molecule has 1 atom stereocenters. The SMILES string of the molecule is Cc1ccc(N2CCCC(NC(=O)c3ccc(C(=O)O)cc3F)C2=O)cc1. The molecule has 1 fully saturated rings. The van der Waals surface area contributed by atoms with E-state index in [0.717, 1.165) is 29.4 Å². The molecule has 1 unspecified atom stereocenters. The van der Waals surface area contributed by atoms with Crippen LogP contribution >= 0.6 is 0 Å². The molecule has 0 radical (unpaired) electrons. The molecule has 1 aliphatic heterocycles. The number of carbonyl (C=O) groups is 3. The Bertz CT molecular complexity index is 895. The van der Waals surface area contributed by atoms with Crippen molar-refractivity contribution in [2.45, 2.75) is 25.8 Å². The van der Waals surface area contributed by atoms with E-state index in [-0.39, 0.29) is 17.0 Å². The summed E-state index contributed by atoms with van der Waals surface area (Å²) in [5, 5.41) is 11.4. The Kier molecular flexibility index (Phi) is 5.21. The van der Waals surface area contributed by atoms with Crippen LogP contribution in [0.4, 0.5) is 10.1 Å². The highest BCUT2D eigenvalue weighted by atomic mass is 19.1. The summed E-state index contributed by atoms with van der Waals surface area (Å²) >= 11 is 0. The van der Waals surface area contributed by atoms with Crippen molar-refractivity contribution in [3.8, 4) is 0 Å². The summed E-state index contributed by atoms with van der Waals surface area (Å²) in [7, 11) is 0. The Hall–Kier alpha value is -3.22. The van der Waals surface area contributed by atoms with E-state index < -0.39 is 23.7 Å². The lowest BCUT2D eigenvalue weighted by atomic mass is 10.0. The summed E-state index contributed by atoms with van der Waals surface area (Å²) in [6, 6.07) is 9.81. The van der Waals surface area contributed by atoms with Gasteiger partial charge in [-0.3, -0.25) is 9.59 Å². The summed E-state index contributed by atoms with van der Waals surface area (Å²) < 4.78 is 14.1. The number of benzene rings is 2. The van der Waals surface area contributed by atoms with E-state index in [1.807, 2.05) is 31.2 Å². The van der Waals surface area contributed by atoms with Crippen LogP contribution in [0.3, 0.4) is 0 Å². The number of aromatic carboxylic acids is 1. The number of aryl methyl sites for hydroxylation is 1. The normalized spacial score (nSPS) is 16.9. The molecule has 0 aromatic heterocycles. The Morgan fingerprint density at radius 1 is 1.19 bits per heavy atom. The van der Waals surface area contributed by atoms with Gasteiger partial charge in [0.1, 0.15) is 11.9 Å². The van der Waals surface area contributed by atoms with E-state index in [1.165, 1.54) is 0 Å². The topological polar surface area (TPSA) is 86.7 Å². The number of nitrogens with zero attached hydrogens (tertiary/aromatic N) is 1. The van der Waals surface area contributed by atoms with Crippen LogP contribution in [0.1, 0.15) is 39.1 Å². The summed E-state index contributed by atoms with van der Waals surface area (Å²) in [6.07, 6.45) is 1.16. The zero-order chi connectivity index (χ0) is 19.6. The lowest BCUT2D eigenvalue weighted by Crippen LogP contribution is -2.52. The molecule has 27 heavy (non-hydrogen) atoms. The Labute approximate surface area is 155 Å². The van der Waals surface area contributed by atoms with Crippen molar-refractivity contribution in [1.82, 2.24) is 5.32 Å². The highest BCUT2D eigenvalue weighted by Gasteiger charge is 2.31. The van der Waals surface area contributed by atoms with Crippen molar-refractivity contribution in [1.29, 1.82) is 0 Å². The van der Waals surface area contributed by atoms with E-state index in [1.54, 1.807) is 4.90 Å². The quantitative estimate of drug-likeness (QED) is 0.866. The predicted molar refractivity (Wildman–Crippen MR) is 97.4 cm³/mol. The molecule has 3 rings (SSSR count). The first-order chi connectivity index (χ1) is 12.9. The van der Waals surface area contributed by atoms with Crippen molar-refractivity contribution in [2.24, 2.45) is 0 Å². The van der Waals surface area contributed by atoms with Gasteiger partial charge >= 0.3 is 5.97 Å². The second-order valence-electron chi connectivity index (χ2n) is 6.49. The number of rotatable bonds is 4. The van der Waals surface area contributed by atoms with Gasteiger partial charge in [-0.1, -0.05) is 17.7 Å². The maximum Gasteiger partial charge on any atom is 0.335 e. The zero-order valence-corrected chi connectivity index (χ0v) is 14.7. The van der Waals surface area contributed by atoms with Gasteiger partial charge in [0.15, 0.2) is 0 Å². The number of hydrogen-bond donors (Lipinski definition) is 2. The van der Waals surface area contributed by atoms with E-state index >= 15 is 0 Å².